The van der Waals surface area contributed by atoms with E-state index in [9.17, 15) is 13.2 Å². The van der Waals surface area contributed by atoms with Crippen molar-refractivity contribution in [2.24, 2.45) is 5.73 Å². The number of imidazole rings is 1. The summed E-state index contributed by atoms with van der Waals surface area (Å²) in [5.74, 6) is -0.503. The molecule has 1 amide bonds. The number of carbonyl (C=O) groups is 1. The Morgan fingerprint density at radius 3 is 2.43 bits per heavy atom. The van der Waals surface area contributed by atoms with Crippen LogP contribution in [0.4, 0.5) is 0 Å². The number of aromatic nitrogens is 3. The summed E-state index contributed by atoms with van der Waals surface area (Å²) in [5, 5.41) is 4.64. The van der Waals surface area contributed by atoms with Crippen molar-refractivity contribution in [1.82, 2.24) is 14.6 Å². The molecule has 0 spiro atoms. The van der Waals surface area contributed by atoms with Crippen LogP contribution in [0.15, 0.2) is 71.8 Å². The Morgan fingerprint density at radius 2 is 1.75 bits per heavy atom. The molecule has 0 bridgehead atoms. The Hall–Kier alpha value is -3.52. The van der Waals surface area contributed by atoms with Gasteiger partial charge in [-0.15, -0.1) is 0 Å². The fourth-order valence-corrected chi connectivity index (χ4v) is 3.56. The molecule has 2 N–H and O–H groups in total. The van der Waals surface area contributed by atoms with Crippen LogP contribution in [0.1, 0.15) is 10.4 Å². The van der Waals surface area contributed by atoms with E-state index >= 15 is 0 Å². The first-order valence-electron chi connectivity index (χ1n) is 8.38. The summed E-state index contributed by atoms with van der Waals surface area (Å²) in [7, 11) is -3.26. The van der Waals surface area contributed by atoms with E-state index in [1.54, 1.807) is 53.2 Å². The average molecular weight is 392 g/mol. The SMILES string of the molecule is CS(=O)(=O)c1ccc(-c2cnc3ccc(-c4cccc(C(N)=O)c4)nn23)cc1. The van der Waals surface area contributed by atoms with Crippen molar-refractivity contribution >= 4 is 21.4 Å². The lowest BCUT2D eigenvalue weighted by atomic mass is 10.1. The molecule has 4 aromatic rings. The second-order valence-corrected chi connectivity index (χ2v) is 8.39. The van der Waals surface area contributed by atoms with E-state index in [1.807, 2.05) is 18.2 Å². The van der Waals surface area contributed by atoms with Crippen LogP contribution < -0.4 is 5.73 Å². The Bertz CT molecular complexity index is 1310. The van der Waals surface area contributed by atoms with Crippen molar-refractivity contribution in [2.75, 3.05) is 6.26 Å². The van der Waals surface area contributed by atoms with Crippen molar-refractivity contribution < 1.29 is 13.2 Å². The average Bonchev–Trinajstić information content (AvgIpc) is 3.10. The van der Waals surface area contributed by atoms with Crippen LogP contribution in [0.25, 0.3) is 28.2 Å². The number of sulfone groups is 1. The number of benzene rings is 2. The summed E-state index contributed by atoms with van der Waals surface area (Å²) in [6.45, 7) is 0. The molecule has 4 rings (SSSR count). The van der Waals surface area contributed by atoms with Gasteiger partial charge in [0.2, 0.25) is 5.91 Å². The van der Waals surface area contributed by atoms with E-state index in [0.29, 0.717) is 16.9 Å². The molecule has 7 nitrogen and oxygen atoms in total. The first-order valence-corrected chi connectivity index (χ1v) is 10.3. The number of nitrogens with two attached hydrogens (primary N) is 1. The molecule has 2 heterocycles. The molecule has 28 heavy (non-hydrogen) atoms. The molecular weight excluding hydrogens is 376 g/mol. The molecule has 2 aromatic carbocycles. The van der Waals surface area contributed by atoms with Crippen LogP contribution in [0.2, 0.25) is 0 Å². The van der Waals surface area contributed by atoms with E-state index in [-0.39, 0.29) is 4.90 Å². The maximum Gasteiger partial charge on any atom is 0.248 e. The van der Waals surface area contributed by atoms with E-state index < -0.39 is 15.7 Å². The van der Waals surface area contributed by atoms with Gasteiger partial charge in [-0.3, -0.25) is 4.79 Å². The zero-order valence-electron chi connectivity index (χ0n) is 14.9. The minimum absolute atomic E-state index is 0.252. The summed E-state index contributed by atoms with van der Waals surface area (Å²) >= 11 is 0. The number of carbonyl (C=O) groups excluding carboxylic acids is 1. The van der Waals surface area contributed by atoms with Gasteiger partial charge in [0.15, 0.2) is 15.5 Å². The number of primary amides is 1. The zero-order chi connectivity index (χ0) is 19.9. The predicted molar refractivity (Wildman–Crippen MR) is 105 cm³/mol. The molecule has 0 unspecified atom stereocenters. The van der Waals surface area contributed by atoms with Crippen molar-refractivity contribution in [3.05, 3.63) is 72.4 Å². The molecule has 0 fully saturated rings. The van der Waals surface area contributed by atoms with Crippen molar-refractivity contribution in [1.29, 1.82) is 0 Å². The van der Waals surface area contributed by atoms with Gasteiger partial charge in [-0.05, 0) is 36.4 Å². The van der Waals surface area contributed by atoms with Gasteiger partial charge in [-0.25, -0.2) is 17.9 Å². The summed E-state index contributed by atoms with van der Waals surface area (Å²) in [6, 6.07) is 17.1. The number of fused-ring (bicyclic) bond motifs is 1. The standard InChI is InChI=1S/C20H16N4O3S/c1-28(26,27)16-7-5-13(6-8-16)18-12-22-19-10-9-17(23-24(18)19)14-3-2-4-15(11-14)20(21)25/h2-12H,1H3,(H2,21,25). The third-order valence-electron chi connectivity index (χ3n) is 4.38. The van der Waals surface area contributed by atoms with Crippen LogP contribution in [0.5, 0.6) is 0 Å². The van der Waals surface area contributed by atoms with Crippen LogP contribution >= 0.6 is 0 Å². The van der Waals surface area contributed by atoms with E-state index in [1.165, 1.54) is 6.26 Å². The number of hydrogen-bond donors (Lipinski definition) is 1. The third kappa shape index (κ3) is 3.25. The van der Waals surface area contributed by atoms with Gasteiger partial charge in [0.05, 0.1) is 22.5 Å². The lowest BCUT2D eigenvalue weighted by Gasteiger charge is -2.06. The normalized spacial score (nSPS) is 11.6. The smallest absolute Gasteiger partial charge is 0.248 e. The molecule has 0 radical (unpaired) electrons. The van der Waals surface area contributed by atoms with Gasteiger partial charge in [-0.1, -0.05) is 24.3 Å². The van der Waals surface area contributed by atoms with E-state index in [4.69, 9.17) is 5.73 Å². The highest BCUT2D eigenvalue weighted by atomic mass is 32.2. The third-order valence-corrected chi connectivity index (χ3v) is 5.51. The van der Waals surface area contributed by atoms with Gasteiger partial charge in [-0.2, -0.15) is 5.10 Å². The van der Waals surface area contributed by atoms with Crippen molar-refractivity contribution in [2.45, 2.75) is 4.90 Å². The van der Waals surface area contributed by atoms with E-state index in [2.05, 4.69) is 10.1 Å². The molecule has 2 aromatic heterocycles. The van der Waals surface area contributed by atoms with Gasteiger partial charge >= 0.3 is 0 Å². The molecular formula is C20H16N4O3S. The molecule has 0 atom stereocenters. The lowest BCUT2D eigenvalue weighted by Crippen LogP contribution is -2.10. The highest BCUT2D eigenvalue weighted by Crippen LogP contribution is 2.24. The summed E-state index contributed by atoms with van der Waals surface area (Å²) in [6.07, 6.45) is 2.85. The summed E-state index contributed by atoms with van der Waals surface area (Å²) in [4.78, 5) is 16.0. The zero-order valence-corrected chi connectivity index (χ0v) is 15.7. The maximum absolute atomic E-state index is 11.7. The maximum atomic E-state index is 11.7. The summed E-state index contributed by atoms with van der Waals surface area (Å²) in [5.41, 5.74) is 9.34. The Balaban J connectivity index is 1.81. The number of rotatable bonds is 4. The predicted octanol–water partition coefficient (Wildman–Crippen LogP) is 2.57. The quantitative estimate of drug-likeness (QED) is 0.574. The minimum Gasteiger partial charge on any atom is -0.366 e. The fraction of sp³-hybridized carbons (Fsp3) is 0.0500. The number of nitrogens with zero attached hydrogens (tertiary/aromatic N) is 3. The van der Waals surface area contributed by atoms with Crippen LogP contribution in [0, 0.1) is 0 Å². The number of hydrogen-bond acceptors (Lipinski definition) is 5. The molecule has 140 valence electrons. The molecule has 0 aliphatic heterocycles. The number of amides is 1. The van der Waals surface area contributed by atoms with Crippen LogP contribution in [-0.4, -0.2) is 35.2 Å². The molecule has 0 saturated carbocycles. The van der Waals surface area contributed by atoms with Crippen LogP contribution in [-0.2, 0) is 9.84 Å². The van der Waals surface area contributed by atoms with Crippen LogP contribution in [0.3, 0.4) is 0 Å². The van der Waals surface area contributed by atoms with Gasteiger partial charge in [0.1, 0.15) is 0 Å². The van der Waals surface area contributed by atoms with Gasteiger partial charge < -0.3 is 5.73 Å². The van der Waals surface area contributed by atoms with E-state index in [0.717, 1.165) is 16.8 Å². The Morgan fingerprint density at radius 1 is 1.00 bits per heavy atom. The highest BCUT2D eigenvalue weighted by molar-refractivity contribution is 7.90. The van der Waals surface area contributed by atoms with Gasteiger partial charge in [0.25, 0.3) is 0 Å². The minimum atomic E-state index is -3.26. The first kappa shape index (κ1) is 17.9. The second-order valence-electron chi connectivity index (χ2n) is 6.37. The molecule has 0 aliphatic rings. The topological polar surface area (TPSA) is 107 Å². The lowest BCUT2D eigenvalue weighted by molar-refractivity contribution is 0.100. The Kier molecular flexibility index (Phi) is 4.20. The van der Waals surface area contributed by atoms with Crippen molar-refractivity contribution in [3.63, 3.8) is 0 Å². The Labute approximate surface area is 161 Å². The molecule has 8 heteroatoms. The summed E-state index contributed by atoms with van der Waals surface area (Å²) < 4.78 is 25.0. The molecule has 0 saturated heterocycles. The second kappa shape index (κ2) is 6.58. The molecule has 0 aliphatic carbocycles. The van der Waals surface area contributed by atoms with Crippen molar-refractivity contribution in [3.8, 4) is 22.5 Å². The van der Waals surface area contributed by atoms with Gasteiger partial charge in [0, 0.05) is 22.9 Å². The monoisotopic (exact) mass is 392 g/mol. The highest BCUT2D eigenvalue weighted by Gasteiger charge is 2.12. The first-order chi connectivity index (χ1) is 13.3. The largest absolute Gasteiger partial charge is 0.366 e. The fourth-order valence-electron chi connectivity index (χ4n) is 2.93.